The lowest BCUT2D eigenvalue weighted by Crippen LogP contribution is -2.28. The fourth-order valence-corrected chi connectivity index (χ4v) is 1.20. The standard InChI is InChI=1S/C9H10N4O/c1-2-13-9(14)10-7-5-3-4-6-8(7)11-12-13/h3-6H,2H2,1H3,(H,10,14). The molecule has 0 saturated carbocycles. The van der Waals surface area contributed by atoms with Crippen LogP contribution in [0.4, 0.5) is 16.2 Å². The molecule has 1 aromatic rings. The van der Waals surface area contributed by atoms with Crippen LogP contribution in [0.15, 0.2) is 34.6 Å². The molecule has 5 heteroatoms. The SMILES string of the molecule is CCN1N=Nc2ccccc2NC1=O. The quantitative estimate of drug-likeness (QED) is 0.726. The summed E-state index contributed by atoms with van der Waals surface area (Å²) in [5.74, 6) is 0. The Kier molecular flexibility index (Phi) is 2.14. The van der Waals surface area contributed by atoms with Crippen molar-refractivity contribution in [3.8, 4) is 0 Å². The Balaban J connectivity index is 2.39. The highest BCUT2D eigenvalue weighted by molar-refractivity contribution is 5.92. The molecule has 0 aliphatic carbocycles. The lowest BCUT2D eigenvalue weighted by Gasteiger charge is -2.10. The molecule has 2 amide bonds. The summed E-state index contributed by atoms with van der Waals surface area (Å²) in [7, 11) is 0. The van der Waals surface area contributed by atoms with Gasteiger partial charge in [-0.15, -0.1) is 5.11 Å². The first-order valence-corrected chi connectivity index (χ1v) is 4.40. The number of rotatable bonds is 1. The third-order valence-electron chi connectivity index (χ3n) is 1.94. The average molecular weight is 190 g/mol. The number of nitrogens with zero attached hydrogens (tertiary/aromatic N) is 3. The topological polar surface area (TPSA) is 57.1 Å². The first-order valence-electron chi connectivity index (χ1n) is 4.40. The van der Waals surface area contributed by atoms with E-state index >= 15 is 0 Å². The van der Waals surface area contributed by atoms with Crippen LogP contribution in [0.5, 0.6) is 0 Å². The molecule has 1 heterocycles. The van der Waals surface area contributed by atoms with E-state index in [0.29, 0.717) is 17.9 Å². The number of urea groups is 1. The molecule has 0 fully saturated rings. The molecule has 14 heavy (non-hydrogen) atoms. The van der Waals surface area contributed by atoms with Gasteiger partial charge in [-0.2, -0.15) is 5.01 Å². The minimum absolute atomic E-state index is 0.249. The molecule has 0 saturated heterocycles. The Morgan fingerprint density at radius 3 is 3.00 bits per heavy atom. The second-order valence-corrected chi connectivity index (χ2v) is 2.85. The van der Waals surface area contributed by atoms with Crippen LogP contribution in [0.3, 0.4) is 0 Å². The summed E-state index contributed by atoms with van der Waals surface area (Å²) in [6, 6.07) is 7.05. The average Bonchev–Trinajstić information content (AvgIpc) is 2.36. The van der Waals surface area contributed by atoms with Gasteiger partial charge >= 0.3 is 6.03 Å². The van der Waals surface area contributed by atoms with Gasteiger partial charge in [-0.1, -0.05) is 17.4 Å². The van der Waals surface area contributed by atoms with Crippen LogP contribution in [0.1, 0.15) is 6.92 Å². The highest BCUT2D eigenvalue weighted by Crippen LogP contribution is 2.27. The molecule has 1 aliphatic heterocycles. The summed E-state index contributed by atoms with van der Waals surface area (Å²) in [6.07, 6.45) is 0. The van der Waals surface area contributed by atoms with Crippen LogP contribution >= 0.6 is 0 Å². The van der Waals surface area contributed by atoms with Gasteiger partial charge in [0.2, 0.25) is 0 Å². The maximum atomic E-state index is 11.5. The van der Waals surface area contributed by atoms with E-state index in [-0.39, 0.29) is 6.03 Å². The van der Waals surface area contributed by atoms with Crippen molar-refractivity contribution < 1.29 is 4.79 Å². The summed E-state index contributed by atoms with van der Waals surface area (Å²) in [6.45, 7) is 2.35. The number of amides is 2. The number of carbonyl (C=O) groups excluding carboxylic acids is 1. The van der Waals surface area contributed by atoms with Gasteiger partial charge in [0.05, 0.1) is 5.69 Å². The van der Waals surface area contributed by atoms with E-state index in [0.717, 1.165) is 0 Å². The number of para-hydroxylation sites is 1. The second kappa shape index (κ2) is 3.45. The Morgan fingerprint density at radius 1 is 1.43 bits per heavy atom. The number of benzene rings is 1. The van der Waals surface area contributed by atoms with E-state index in [9.17, 15) is 4.79 Å². The molecule has 0 atom stereocenters. The van der Waals surface area contributed by atoms with Gasteiger partial charge in [-0.3, -0.25) is 0 Å². The van der Waals surface area contributed by atoms with Crippen LogP contribution in [-0.2, 0) is 0 Å². The summed E-state index contributed by atoms with van der Waals surface area (Å²) in [5, 5.41) is 11.8. The Bertz CT molecular complexity index is 388. The molecule has 1 aliphatic rings. The smallest absolute Gasteiger partial charge is 0.304 e. The Hall–Kier alpha value is -1.91. The zero-order valence-electron chi connectivity index (χ0n) is 7.77. The van der Waals surface area contributed by atoms with E-state index in [1.54, 1.807) is 12.1 Å². The molecule has 2 rings (SSSR count). The van der Waals surface area contributed by atoms with Crippen LogP contribution in [-0.4, -0.2) is 17.6 Å². The van der Waals surface area contributed by atoms with Crippen molar-refractivity contribution in [2.24, 2.45) is 10.3 Å². The van der Waals surface area contributed by atoms with Crippen molar-refractivity contribution in [1.82, 2.24) is 5.01 Å². The van der Waals surface area contributed by atoms with Crippen molar-refractivity contribution in [3.05, 3.63) is 24.3 Å². The summed E-state index contributed by atoms with van der Waals surface area (Å²) >= 11 is 0. The highest BCUT2D eigenvalue weighted by Gasteiger charge is 2.15. The van der Waals surface area contributed by atoms with E-state index < -0.39 is 0 Å². The number of carbonyl (C=O) groups is 1. The molecule has 5 nitrogen and oxygen atoms in total. The van der Waals surface area contributed by atoms with Crippen LogP contribution < -0.4 is 5.32 Å². The number of hydrogen-bond acceptors (Lipinski definition) is 3. The molecule has 0 bridgehead atoms. The van der Waals surface area contributed by atoms with Crippen LogP contribution in [0.2, 0.25) is 0 Å². The van der Waals surface area contributed by atoms with E-state index in [2.05, 4.69) is 15.7 Å². The third kappa shape index (κ3) is 1.44. The molecule has 0 radical (unpaired) electrons. The predicted molar refractivity (Wildman–Crippen MR) is 52.4 cm³/mol. The monoisotopic (exact) mass is 190 g/mol. The number of nitrogens with one attached hydrogen (secondary N) is 1. The van der Waals surface area contributed by atoms with E-state index in [4.69, 9.17) is 0 Å². The van der Waals surface area contributed by atoms with Crippen molar-refractivity contribution in [2.45, 2.75) is 6.92 Å². The minimum atomic E-state index is -0.249. The number of fused-ring (bicyclic) bond motifs is 1. The molecule has 1 aromatic carbocycles. The number of anilines is 1. The van der Waals surface area contributed by atoms with Gasteiger partial charge in [0.25, 0.3) is 0 Å². The molecular formula is C9H10N4O. The van der Waals surface area contributed by atoms with Crippen molar-refractivity contribution in [2.75, 3.05) is 11.9 Å². The normalized spacial score (nSPS) is 14.6. The van der Waals surface area contributed by atoms with E-state index in [1.165, 1.54) is 5.01 Å². The maximum absolute atomic E-state index is 11.5. The molecule has 0 aromatic heterocycles. The van der Waals surface area contributed by atoms with Crippen molar-refractivity contribution in [1.29, 1.82) is 0 Å². The van der Waals surface area contributed by atoms with Gasteiger partial charge in [-0.05, 0) is 19.1 Å². The zero-order chi connectivity index (χ0) is 9.97. The lowest BCUT2D eigenvalue weighted by molar-refractivity contribution is 0.214. The van der Waals surface area contributed by atoms with Crippen LogP contribution in [0, 0.1) is 0 Å². The highest BCUT2D eigenvalue weighted by atomic mass is 16.2. The Labute approximate surface area is 81.4 Å². The lowest BCUT2D eigenvalue weighted by atomic mass is 10.3. The van der Waals surface area contributed by atoms with Gasteiger partial charge < -0.3 is 5.32 Å². The molecule has 0 unspecified atom stereocenters. The summed E-state index contributed by atoms with van der Waals surface area (Å²) < 4.78 is 0. The fraction of sp³-hybridized carbons (Fsp3) is 0.222. The summed E-state index contributed by atoms with van der Waals surface area (Å²) in [5.41, 5.74) is 1.37. The van der Waals surface area contributed by atoms with Gasteiger partial charge in [0, 0.05) is 6.54 Å². The second-order valence-electron chi connectivity index (χ2n) is 2.85. The largest absolute Gasteiger partial charge is 0.343 e. The first-order chi connectivity index (χ1) is 6.81. The molecule has 0 spiro atoms. The van der Waals surface area contributed by atoms with Crippen LogP contribution in [0.25, 0.3) is 0 Å². The third-order valence-corrected chi connectivity index (χ3v) is 1.94. The summed E-state index contributed by atoms with van der Waals surface area (Å²) in [4.78, 5) is 11.5. The first kappa shape index (κ1) is 8.68. The molecular weight excluding hydrogens is 180 g/mol. The minimum Gasteiger partial charge on any atom is -0.304 e. The molecule has 1 N–H and O–H groups in total. The van der Waals surface area contributed by atoms with E-state index in [1.807, 2.05) is 19.1 Å². The zero-order valence-corrected chi connectivity index (χ0v) is 7.77. The van der Waals surface area contributed by atoms with Gasteiger partial charge in [0.1, 0.15) is 5.69 Å². The predicted octanol–water partition coefficient (Wildman–Crippen LogP) is 2.55. The fourth-order valence-electron chi connectivity index (χ4n) is 1.20. The van der Waals surface area contributed by atoms with Gasteiger partial charge in [0.15, 0.2) is 0 Å². The van der Waals surface area contributed by atoms with Crippen molar-refractivity contribution >= 4 is 17.4 Å². The molecule has 72 valence electrons. The number of hydrogen-bond donors (Lipinski definition) is 1. The van der Waals surface area contributed by atoms with Gasteiger partial charge in [-0.25, -0.2) is 4.79 Å². The van der Waals surface area contributed by atoms with Crippen molar-refractivity contribution in [3.63, 3.8) is 0 Å². The maximum Gasteiger partial charge on any atom is 0.343 e. The Morgan fingerprint density at radius 2 is 2.21 bits per heavy atom.